The fourth-order valence-corrected chi connectivity index (χ4v) is 6.99. The molecule has 5 rings (SSSR count). The molecule has 1 aliphatic carbocycles. The number of piperidine rings is 1. The zero-order chi connectivity index (χ0) is 22.0. The summed E-state index contributed by atoms with van der Waals surface area (Å²) in [5, 5.41) is 3.59. The first kappa shape index (κ1) is 20.4. The van der Waals surface area contributed by atoms with E-state index in [2.05, 4.69) is 16.3 Å². The molecule has 0 amide bonds. The van der Waals surface area contributed by atoms with Gasteiger partial charge in [0.05, 0.1) is 25.2 Å². The SMILES string of the molecule is COC(=O)C1=C2Nc3cc(OC)ccc3C23CCN2CCCC(C(C)OC(C)=O)(C1)C23. The van der Waals surface area contributed by atoms with Crippen molar-refractivity contribution in [2.45, 2.75) is 57.1 Å². The number of carbonyl (C=O) groups excluding carboxylic acids is 2. The second kappa shape index (κ2) is 6.99. The molecule has 1 aromatic rings. The van der Waals surface area contributed by atoms with Crippen LogP contribution in [-0.2, 0) is 24.5 Å². The average Bonchev–Trinajstić information content (AvgIpc) is 3.31. The molecule has 166 valence electrons. The van der Waals surface area contributed by atoms with Crippen LogP contribution >= 0.6 is 0 Å². The number of methoxy groups -OCH3 is 2. The summed E-state index contributed by atoms with van der Waals surface area (Å²) in [6.07, 6.45) is 3.06. The Labute approximate surface area is 182 Å². The van der Waals surface area contributed by atoms with Crippen molar-refractivity contribution in [3.05, 3.63) is 35.0 Å². The number of nitrogens with zero attached hydrogens (tertiary/aromatic N) is 1. The average molecular weight is 427 g/mol. The van der Waals surface area contributed by atoms with Gasteiger partial charge in [-0.3, -0.25) is 9.69 Å². The van der Waals surface area contributed by atoms with Gasteiger partial charge in [-0.15, -0.1) is 0 Å². The molecule has 1 spiro atoms. The van der Waals surface area contributed by atoms with E-state index in [1.165, 1.54) is 19.6 Å². The Morgan fingerprint density at radius 2 is 2.03 bits per heavy atom. The van der Waals surface area contributed by atoms with Crippen LogP contribution in [0.15, 0.2) is 29.5 Å². The topological polar surface area (TPSA) is 77.1 Å². The Balaban J connectivity index is 1.76. The van der Waals surface area contributed by atoms with Crippen LogP contribution in [0.5, 0.6) is 5.75 Å². The van der Waals surface area contributed by atoms with Gasteiger partial charge >= 0.3 is 11.9 Å². The van der Waals surface area contributed by atoms with E-state index < -0.39 is 0 Å². The zero-order valence-corrected chi connectivity index (χ0v) is 18.6. The second-order valence-electron chi connectivity index (χ2n) is 9.31. The van der Waals surface area contributed by atoms with E-state index in [-0.39, 0.29) is 34.9 Å². The molecule has 31 heavy (non-hydrogen) atoms. The number of hydrogen-bond acceptors (Lipinski definition) is 7. The smallest absolute Gasteiger partial charge is 0.335 e. The Bertz CT molecular complexity index is 988. The van der Waals surface area contributed by atoms with Crippen LogP contribution in [0.1, 0.15) is 45.1 Å². The number of nitrogens with one attached hydrogen (secondary N) is 1. The Morgan fingerprint density at radius 3 is 2.74 bits per heavy atom. The van der Waals surface area contributed by atoms with Gasteiger partial charge in [-0.2, -0.15) is 0 Å². The van der Waals surface area contributed by atoms with Crippen molar-refractivity contribution in [1.82, 2.24) is 4.90 Å². The maximum Gasteiger partial charge on any atom is 0.335 e. The number of rotatable bonds is 4. The van der Waals surface area contributed by atoms with Crippen molar-refractivity contribution in [2.75, 3.05) is 32.6 Å². The predicted octanol–water partition coefficient (Wildman–Crippen LogP) is 3.00. The van der Waals surface area contributed by atoms with E-state index >= 15 is 0 Å². The highest BCUT2D eigenvalue weighted by atomic mass is 16.5. The summed E-state index contributed by atoms with van der Waals surface area (Å²) in [4.78, 5) is 27.6. The fourth-order valence-electron chi connectivity index (χ4n) is 6.99. The van der Waals surface area contributed by atoms with Crippen molar-refractivity contribution in [3.8, 4) is 5.75 Å². The molecule has 1 aromatic carbocycles. The maximum absolute atomic E-state index is 13.1. The molecular formula is C24H30N2O5. The standard InChI is InChI=1S/C24H30N2O5/c1-14(31-15(2)27)23-8-5-10-26-11-9-24(22(23)26)18-7-6-16(29-3)12-19(18)25-20(24)17(13-23)21(28)30-4/h6-7,12,14,22,25H,5,8-11,13H2,1-4H3. The molecule has 0 aromatic heterocycles. The molecule has 7 heteroatoms. The van der Waals surface area contributed by atoms with E-state index in [0.29, 0.717) is 12.0 Å². The van der Waals surface area contributed by atoms with Crippen molar-refractivity contribution >= 4 is 17.6 Å². The molecular weight excluding hydrogens is 396 g/mol. The van der Waals surface area contributed by atoms with Gasteiger partial charge in [-0.1, -0.05) is 6.07 Å². The maximum atomic E-state index is 13.1. The summed E-state index contributed by atoms with van der Waals surface area (Å²) in [5.74, 6) is 0.188. The number of ether oxygens (including phenoxy) is 3. The van der Waals surface area contributed by atoms with E-state index in [0.717, 1.165) is 49.5 Å². The number of hydrogen-bond donors (Lipinski definition) is 1. The van der Waals surface area contributed by atoms with Gasteiger partial charge in [-0.05, 0) is 57.3 Å². The van der Waals surface area contributed by atoms with Crippen LogP contribution in [0.2, 0.25) is 0 Å². The minimum absolute atomic E-state index is 0.147. The lowest BCUT2D eigenvalue weighted by molar-refractivity contribution is -0.161. The van der Waals surface area contributed by atoms with E-state index in [1.807, 2.05) is 19.1 Å². The monoisotopic (exact) mass is 426 g/mol. The molecule has 0 bridgehead atoms. The minimum Gasteiger partial charge on any atom is -0.497 e. The number of fused-ring (bicyclic) bond motifs is 1. The number of carbonyl (C=O) groups is 2. The Kier molecular flexibility index (Phi) is 4.59. The van der Waals surface area contributed by atoms with Crippen LogP contribution in [0.25, 0.3) is 0 Å². The number of anilines is 1. The molecule has 7 nitrogen and oxygen atoms in total. The third-order valence-corrected chi connectivity index (χ3v) is 8.06. The third-order valence-electron chi connectivity index (χ3n) is 8.06. The molecule has 0 saturated carbocycles. The molecule has 2 saturated heterocycles. The van der Waals surface area contributed by atoms with Crippen molar-refractivity contribution in [1.29, 1.82) is 0 Å². The third kappa shape index (κ3) is 2.62. The zero-order valence-electron chi connectivity index (χ0n) is 18.6. The van der Waals surface area contributed by atoms with Crippen LogP contribution < -0.4 is 10.1 Å². The largest absolute Gasteiger partial charge is 0.497 e. The lowest BCUT2D eigenvalue weighted by Gasteiger charge is -2.57. The van der Waals surface area contributed by atoms with Gasteiger partial charge < -0.3 is 19.5 Å². The van der Waals surface area contributed by atoms with Crippen LogP contribution in [0.4, 0.5) is 5.69 Å². The fraction of sp³-hybridized carbons (Fsp3) is 0.583. The Morgan fingerprint density at radius 1 is 1.23 bits per heavy atom. The molecule has 3 aliphatic heterocycles. The van der Waals surface area contributed by atoms with Gasteiger partial charge in [0.25, 0.3) is 0 Å². The highest BCUT2D eigenvalue weighted by Gasteiger charge is 2.68. The first-order chi connectivity index (χ1) is 14.9. The first-order valence-corrected chi connectivity index (χ1v) is 11.1. The molecule has 4 aliphatic rings. The molecule has 0 radical (unpaired) electrons. The van der Waals surface area contributed by atoms with Gasteiger partial charge in [0.2, 0.25) is 0 Å². The van der Waals surface area contributed by atoms with Gasteiger partial charge in [0.15, 0.2) is 0 Å². The lowest BCUT2D eigenvalue weighted by Crippen LogP contribution is -2.64. The summed E-state index contributed by atoms with van der Waals surface area (Å²) in [6, 6.07) is 6.28. The summed E-state index contributed by atoms with van der Waals surface area (Å²) in [7, 11) is 3.09. The number of esters is 2. The first-order valence-electron chi connectivity index (χ1n) is 11.1. The molecule has 3 heterocycles. The van der Waals surface area contributed by atoms with E-state index in [4.69, 9.17) is 14.2 Å². The molecule has 2 fully saturated rings. The van der Waals surface area contributed by atoms with Crippen LogP contribution in [0, 0.1) is 5.41 Å². The van der Waals surface area contributed by atoms with Gasteiger partial charge in [-0.25, -0.2) is 4.79 Å². The van der Waals surface area contributed by atoms with E-state index in [9.17, 15) is 9.59 Å². The lowest BCUT2D eigenvalue weighted by atomic mass is 9.53. The second-order valence-corrected chi connectivity index (χ2v) is 9.31. The van der Waals surface area contributed by atoms with Crippen molar-refractivity contribution < 1.29 is 23.8 Å². The van der Waals surface area contributed by atoms with E-state index in [1.54, 1.807) is 7.11 Å². The van der Waals surface area contributed by atoms with Crippen molar-refractivity contribution in [3.63, 3.8) is 0 Å². The quantitative estimate of drug-likeness (QED) is 0.742. The minimum atomic E-state index is -0.351. The van der Waals surface area contributed by atoms with Crippen LogP contribution in [-0.4, -0.2) is 56.3 Å². The van der Waals surface area contributed by atoms with Gasteiger partial charge in [0, 0.05) is 35.8 Å². The highest BCUT2D eigenvalue weighted by molar-refractivity contribution is 5.93. The normalized spacial score (nSPS) is 31.8. The summed E-state index contributed by atoms with van der Waals surface area (Å²) in [5.41, 5.74) is 3.12. The Hall–Kier alpha value is -2.54. The molecule has 4 unspecified atom stereocenters. The summed E-state index contributed by atoms with van der Waals surface area (Å²) in [6.45, 7) is 5.42. The van der Waals surface area contributed by atoms with Crippen LogP contribution in [0.3, 0.4) is 0 Å². The van der Waals surface area contributed by atoms with Crippen molar-refractivity contribution in [2.24, 2.45) is 5.41 Å². The summed E-state index contributed by atoms with van der Waals surface area (Å²) < 4.78 is 16.5. The van der Waals surface area contributed by atoms with Gasteiger partial charge in [0.1, 0.15) is 11.9 Å². The molecule has 1 N–H and O–H groups in total. The highest BCUT2D eigenvalue weighted by Crippen LogP contribution is 2.65. The molecule has 4 atom stereocenters. The predicted molar refractivity (Wildman–Crippen MR) is 115 cm³/mol. The summed E-state index contributed by atoms with van der Waals surface area (Å²) >= 11 is 0. The number of benzene rings is 1.